The lowest BCUT2D eigenvalue weighted by atomic mass is 9.93. The third kappa shape index (κ3) is 6.81. The molecule has 140 valence electrons. The molecule has 0 saturated carbocycles. The first-order chi connectivity index (χ1) is 12.2. The zero-order valence-corrected chi connectivity index (χ0v) is 16.0. The van der Waals surface area contributed by atoms with Crippen LogP contribution < -0.4 is 0 Å². The van der Waals surface area contributed by atoms with E-state index in [2.05, 4.69) is 19.1 Å². The van der Waals surface area contributed by atoms with E-state index in [1.807, 2.05) is 25.1 Å². The highest BCUT2D eigenvalue weighted by Gasteiger charge is 2.41. The van der Waals surface area contributed by atoms with Gasteiger partial charge in [0.05, 0.1) is 12.5 Å². The molecule has 3 nitrogen and oxygen atoms in total. The molecule has 0 N–H and O–H groups in total. The van der Waals surface area contributed by atoms with Gasteiger partial charge in [0.15, 0.2) is 0 Å². The number of rotatable bonds is 11. The molecule has 1 saturated heterocycles. The van der Waals surface area contributed by atoms with E-state index in [0.29, 0.717) is 6.61 Å². The van der Waals surface area contributed by atoms with Crippen LogP contribution in [-0.4, -0.2) is 11.8 Å². The van der Waals surface area contributed by atoms with Gasteiger partial charge in [0.25, 0.3) is 0 Å². The molecule has 0 bridgehead atoms. The van der Waals surface area contributed by atoms with Gasteiger partial charge < -0.3 is 9.47 Å². The van der Waals surface area contributed by atoms with Gasteiger partial charge in [-0.3, -0.25) is 4.79 Å². The average molecular weight is 347 g/mol. The van der Waals surface area contributed by atoms with Crippen LogP contribution in [0.2, 0.25) is 0 Å². The zero-order chi connectivity index (χ0) is 18.0. The monoisotopic (exact) mass is 346 g/mol. The van der Waals surface area contributed by atoms with E-state index in [1.54, 1.807) is 0 Å². The zero-order valence-electron chi connectivity index (χ0n) is 16.0. The van der Waals surface area contributed by atoms with Crippen molar-refractivity contribution in [3.63, 3.8) is 0 Å². The van der Waals surface area contributed by atoms with E-state index in [0.717, 1.165) is 31.2 Å². The van der Waals surface area contributed by atoms with Gasteiger partial charge in [0.1, 0.15) is 0 Å². The van der Waals surface area contributed by atoms with Gasteiger partial charge >= 0.3 is 5.97 Å². The van der Waals surface area contributed by atoms with Crippen LogP contribution in [0.4, 0.5) is 0 Å². The van der Waals surface area contributed by atoms with E-state index in [-0.39, 0.29) is 11.9 Å². The van der Waals surface area contributed by atoms with Crippen molar-refractivity contribution in [2.75, 3.05) is 0 Å². The highest BCUT2D eigenvalue weighted by atomic mass is 16.7. The molecule has 1 aromatic carbocycles. The summed E-state index contributed by atoms with van der Waals surface area (Å²) < 4.78 is 12.0. The number of benzene rings is 1. The third-order valence-electron chi connectivity index (χ3n) is 5.15. The van der Waals surface area contributed by atoms with Crippen molar-refractivity contribution in [1.82, 2.24) is 0 Å². The van der Waals surface area contributed by atoms with Crippen molar-refractivity contribution in [2.24, 2.45) is 5.92 Å². The smallest absolute Gasteiger partial charge is 0.311 e. The average Bonchev–Trinajstić information content (AvgIpc) is 2.63. The maximum atomic E-state index is 12.1. The highest BCUT2D eigenvalue weighted by molar-refractivity contribution is 5.73. The molecule has 2 rings (SSSR count). The van der Waals surface area contributed by atoms with Crippen LogP contribution in [-0.2, 0) is 20.9 Å². The molecule has 0 radical (unpaired) electrons. The Balaban J connectivity index is 1.83. The molecule has 25 heavy (non-hydrogen) atoms. The molecular formula is C22H34O3. The topological polar surface area (TPSA) is 35.5 Å². The summed E-state index contributed by atoms with van der Waals surface area (Å²) in [5.74, 6) is -0.840. The van der Waals surface area contributed by atoms with Crippen LogP contribution in [0.15, 0.2) is 30.3 Å². The molecule has 0 aromatic heterocycles. The molecule has 0 unspecified atom stereocenters. The van der Waals surface area contributed by atoms with Crippen molar-refractivity contribution >= 4 is 5.97 Å². The molecule has 1 aromatic rings. The summed E-state index contributed by atoms with van der Waals surface area (Å²) in [5.41, 5.74) is 1.12. The summed E-state index contributed by atoms with van der Waals surface area (Å²) >= 11 is 0. The molecule has 1 heterocycles. The summed E-state index contributed by atoms with van der Waals surface area (Å²) in [4.78, 5) is 12.1. The van der Waals surface area contributed by atoms with Crippen LogP contribution in [0.3, 0.4) is 0 Å². The van der Waals surface area contributed by atoms with Crippen molar-refractivity contribution in [3.05, 3.63) is 35.9 Å². The Kier molecular flexibility index (Phi) is 8.47. The standard InChI is InChI=1S/C22H34O3/c1-3-4-5-6-7-8-12-16-22(17-15-19(2)21(23)25-22)24-18-20-13-10-9-11-14-20/h9-11,13-14,19H,3-8,12,15-18H2,1-2H3/t19-,22+/m1/s1. The van der Waals surface area contributed by atoms with Gasteiger partial charge in [-0.2, -0.15) is 0 Å². The Labute approximate surface area is 153 Å². The Morgan fingerprint density at radius 3 is 2.44 bits per heavy atom. The van der Waals surface area contributed by atoms with E-state index in [1.165, 1.54) is 38.5 Å². The van der Waals surface area contributed by atoms with Gasteiger partial charge in [-0.15, -0.1) is 0 Å². The second-order valence-corrected chi connectivity index (χ2v) is 7.42. The number of cyclic esters (lactones) is 1. The molecule has 1 aliphatic heterocycles. The molecule has 1 aliphatic rings. The number of hydrogen-bond acceptors (Lipinski definition) is 3. The number of carbonyl (C=O) groups is 1. The predicted octanol–water partition coefficient (Wildman–Crippen LogP) is 6.01. The largest absolute Gasteiger partial charge is 0.433 e. The first kappa shape index (κ1) is 20.0. The normalized spacial score (nSPS) is 23.4. The van der Waals surface area contributed by atoms with Crippen LogP contribution >= 0.6 is 0 Å². The minimum atomic E-state index is -0.719. The minimum Gasteiger partial charge on any atom is -0.433 e. The van der Waals surface area contributed by atoms with Crippen molar-refractivity contribution in [1.29, 1.82) is 0 Å². The third-order valence-corrected chi connectivity index (χ3v) is 5.15. The Morgan fingerprint density at radius 2 is 1.76 bits per heavy atom. The Bertz CT molecular complexity index is 499. The summed E-state index contributed by atoms with van der Waals surface area (Å²) in [5, 5.41) is 0. The summed E-state index contributed by atoms with van der Waals surface area (Å²) in [6, 6.07) is 10.1. The van der Waals surface area contributed by atoms with Gasteiger partial charge in [-0.25, -0.2) is 0 Å². The quantitative estimate of drug-likeness (QED) is 0.363. The van der Waals surface area contributed by atoms with E-state index < -0.39 is 5.79 Å². The number of hydrogen-bond donors (Lipinski definition) is 0. The minimum absolute atomic E-state index is 0.0116. The Morgan fingerprint density at radius 1 is 1.08 bits per heavy atom. The van der Waals surface area contributed by atoms with Crippen LogP contribution in [0.1, 0.15) is 83.6 Å². The van der Waals surface area contributed by atoms with Gasteiger partial charge in [0.2, 0.25) is 5.79 Å². The first-order valence-electron chi connectivity index (χ1n) is 10.1. The number of ether oxygens (including phenoxy) is 2. The lowest BCUT2D eigenvalue weighted by molar-refractivity contribution is -0.259. The molecule has 0 aliphatic carbocycles. The van der Waals surface area contributed by atoms with E-state index in [4.69, 9.17) is 9.47 Å². The molecule has 0 amide bonds. The highest BCUT2D eigenvalue weighted by Crippen LogP contribution is 2.35. The fourth-order valence-electron chi connectivity index (χ4n) is 3.38. The number of unbranched alkanes of at least 4 members (excludes halogenated alkanes) is 6. The van der Waals surface area contributed by atoms with Gasteiger partial charge in [-0.05, 0) is 18.4 Å². The van der Waals surface area contributed by atoms with Crippen LogP contribution in [0, 0.1) is 5.92 Å². The van der Waals surface area contributed by atoms with Crippen molar-refractivity contribution in [2.45, 2.75) is 90.4 Å². The molecule has 1 fully saturated rings. The first-order valence-corrected chi connectivity index (χ1v) is 10.1. The van der Waals surface area contributed by atoms with E-state index >= 15 is 0 Å². The van der Waals surface area contributed by atoms with Gasteiger partial charge in [-0.1, -0.05) is 82.7 Å². The predicted molar refractivity (Wildman–Crippen MR) is 101 cm³/mol. The van der Waals surface area contributed by atoms with Crippen LogP contribution in [0.25, 0.3) is 0 Å². The molecule has 0 spiro atoms. The van der Waals surface area contributed by atoms with Crippen molar-refractivity contribution < 1.29 is 14.3 Å². The molecular weight excluding hydrogens is 312 g/mol. The Hall–Kier alpha value is -1.35. The number of esters is 1. The summed E-state index contributed by atoms with van der Waals surface area (Å²) in [6.45, 7) is 4.68. The second kappa shape index (κ2) is 10.6. The second-order valence-electron chi connectivity index (χ2n) is 7.42. The maximum Gasteiger partial charge on any atom is 0.311 e. The maximum absolute atomic E-state index is 12.1. The van der Waals surface area contributed by atoms with E-state index in [9.17, 15) is 4.79 Å². The molecule has 3 heteroatoms. The summed E-state index contributed by atoms with van der Waals surface area (Å²) in [7, 11) is 0. The number of carbonyl (C=O) groups excluding carboxylic acids is 1. The lowest BCUT2D eigenvalue weighted by Gasteiger charge is -2.38. The SMILES string of the molecule is CCCCCCCCC[C@@]1(OCc2ccccc2)CC[C@@H](C)C(=O)O1. The molecule has 2 atom stereocenters. The fraction of sp³-hybridized carbons (Fsp3) is 0.682. The van der Waals surface area contributed by atoms with Crippen LogP contribution in [0.5, 0.6) is 0 Å². The van der Waals surface area contributed by atoms with Crippen molar-refractivity contribution in [3.8, 4) is 0 Å². The van der Waals surface area contributed by atoms with Gasteiger partial charge in [0, 0.05) is 12.8 Å². The fourth-order valence-corrected chi connectivity index (χ4v) is 3.38. The lowest BCUT2D eigenvalue weighted by Crippen LogP contribution is -2.44. The summed E-state index contributed by atoms with van der Waals surface area (Å²) in [6.07, 6.45) is 11.2.